The van der Waals surface area contributed by atoms with Gasteiger partial charge >= 0.3 is 5.97 Å². The molecule has 2 fully saturated rings. The van der Waals surface area contributed by atoms with Crippen LogP contribution in [0.25, 0.3) is 0 Å². The molecule has 1 atom stereocenters. The summed E-state index contributed by atoms with van der Waals surface area (Å²) in [5, 5.41) is 8.91. The van der Waals surface area contributed by atoms with Crippen LogP contribution in [0.15, 0.2) is 0 Å². The van der Waals surface area contributed by atoms with E-state index in [1.54, 1.807) is 0 Å². The average Bonchev–Trinajstić information content (AvgIpc) is 2.90. The largest absolute Gasteiger partial charge is 0.481 e. The Morgan fingerprint density at radius 3 is 2.36 bits per heavy atom. The number of carbonyl (C=O) groups excluding carboxylic acids is 1. The van der Waals surface area contributed by atoms with Crippen LogP contribution in [-0.4, -0.2) is 55.2 Å². The minimum atomic E-state index is -3.66. The number of aliphatic carboxylic acids is 1. The summed E-state index contributed by atoms with van der Waals surface area (Å²) in [5.74, 6) is -2.00. The van der Waals surface area contributed by atoms with Gasteiger partial charge in [0.15, 0.2) is 0 Å². The second kappa shape index (κ2) is 6.95. The molecule has 0 aromatic rings. The summed E-state index contributed by atoms with van der Waals surface area (Å²) >= 11 is 0. The number of carboxylic acids is 1. The highest BCUT2D eigenvalue weighted by atomic mass is 32.2. The van der Waals surface area contributed by atoms with Gasteiger partial charge in [-0.3, -0.25) is 9.59 Å². The van der Waals surface area contributed by atoms with Gasteiger partial charge in [0.2, 0.25) is 15.9 Å². The maximum absolute atomic E-state index is 12.1. The number of hydrogen-bond donors (Lipinski definition) is 2. The summed E-state index contributed by atoms with van der Waals surface area (Å²) in [6, 6.07) is -0.0839. The first kappa shape index (κ1) is 17.2. The van der Waals surface area contributed by atoms with Gasteiger partial charge in [-0.1, -0.05) is 6.92 Å². The Hall–Kier alpha value is -1.15. The summed E-state index contributed by atoms with van der Waals surface area (Å²) in [7, 11) is -3.66. The number of sulfonamides is 1. The lowest BCUT2D eigenvalue weighted by Crippen LogP contribution is -2.43. The molecular formula is C14H24N2O5S. The number of hydrogen-bond acceptors (Lipinski definition) is 4. The normalized spacial score (nSPS) is 29.5. The number of nitrogens with one attached hydrogen (secondary N) is 1. The minimum Gasteiger partial charge on any atom is -0.481 e. The predicted molar refractivity (Wildman–Crippen MR) is 80.7 cm³/mol. The van der Waals surface area contributed by atoms with Crippen LogP contribution in [0.4, 0.5) is 0 Å². The van der Waals surface area contributed by atoms with Gasteiger partial charge in [0.1, 0.15) is 5.75 Å². The van der Waals surface area contributed by atoms with Crippen LogP contribution in [0.3, 0.4) is 0 Å². The number of carboxylic acid groups (broad SMARTS) is 1. The van der Waals surface area contributed by atoms with Crippen molar-refractivity contribution in [3.05, 3.63) is 0 Å². The molecule has 0 spiro atoms. The van der Waals surface area contributed by atoms with Crippen LogP contribution in [-0.2, 0) is 19.6 Å². The van der Waals surface area contributed by atoms with Gasteiger partial charge in [0.05, 0.1) is 5.92 Å². The third-order valence-corrected chi connectivity index (χ3v) is 5.89. The topological polar surface area (TPSA) is 104 Å². The van der Waals surface area contributed by atoms with Gasteiger partial charge in [-0.2, -0.15) is 0 Å². The van der Waals surface area contributed by atoms with E-state index in [1.807, 2.05) is 0 Å². The number of amides is 1. The van der Waals surface area contributed by atoms with Gasteiger partial charge in [-0.25, -0.2) is 13.1 Å². The average molecular weight is 332 g/mol. The third-order valence-electron chi connectivity index (χ3n) is 4.57. The van der Waals surface area contributed by atoms with Crippen molar-refractivity contribution in [3.8, 4) is 0 Å². The van der Waals surface area contributed by atoms with Crippen molar-refractivity contribution in [1.82, 2.24) is 9.62 Å². The van der Waals surface area contributed by atoms with Gasteiger partial charge in [-0.15, -0.1) is 0 Å². The molecule has 1 saturated carbocycles. The van der Waals surface area contributed by atoms with E-state index in [1.165, 1.54) is 4.90 Å². The van der Waals surface area contributed by atoms with Crippen molar-refractivity contribution in [3.63, 3.8) is 0 Å². The van der Waals surface area contributed by atoms with Gasteiger partial charge in [0, 0.05) is 19.1 Å². The van der Waals surface area contributed by atoms with Crippen LogP contribution in [0, 0.1) is 11.8 Å². The van der Waals surface area contributed by atoms with Gasteiger partial charge in [0.25, 0.3) is 0 Å². The van der Waals surface area contributed by atoms with E-state index in [0.29, 0.717) is 18.9 Å². The van der Waals surface area contributed by atoms with Crippen molar-refractivity contribution < 1.29 is 23.1 Å². The molecule has 1 unspecified atom stereocenters. The molecule has 7 nitrogen and oxygen atoms in total. The SMILES string of the molecule is CC1CCC(NS(=O)(=O)CC(=O)N2CCC(C(=O)O)C2)CC1. The van der Waals surface area contributed by atoms with Gasteiger partial charge < -0.3 is 10.0 Å². The molecule has 2 N–H and O–H groups in total. The van der Waals surface area contributed by atoms with Crippen molar-refractivity contribution in [2.75, 3.05) is 18.8 Å². The molecule has 1 amide bonds. The molecule has 1 saturated heterocycles. The second-order valence-corrected chi connectivity index (χ2v) is 8.25. The zero-order valence-electron chi connectivity index (χ0n) is 12.8. The highest BCUT2D eigenvalue weighted by Gasteiger charge is 2.33. The van der Waals surface area contributed by atoms with Gasteiger partial charge in [-0.05, 0) is 38.0 Å². The fourth-order valence-electron chi connectivity index (χ4n) is 3.12. The fraction of sp³-hybridized carbons (Fsp3) is 0.857. The quantitative estimate of drug-likeness (QED) is 0.759. The molecule has 8 heteroatoms. The first-order valence-corrected chi connectivity index (χ1v) is 9.42. The lowest BCUT2D eigenvalue weighted by Gasteiger charge is -2.27. The third kappa shape index (κ3) is 4.67. The van der Waals surface area contributed by atoms with E-state index in [2.05, 4.69) is 11.6 Å². The lowest BCUT2D eigenvalue weighted by molar-refractivity contribution is -0.141. The molecule has 0 radical (unpaired) electrons. The Labute approximate surface area is 131 Å². The number of nitrogens with zero attached hydrogens (tertiary/aromatic N) is 1. The Bertz CT molecular complexity index is 525. The summed E-state index contributed by atoms with van der Waals surface area (Å²) in [6.07, 6.45) is 3.98. The number of carbonyl (C=O) groups is 2. The first-order chi connectivity index (χ1) is 10.3. The van der Waals surface area contributed by atoms with E-state index in [4.69, 9.17) is 5.11 Å². The fourth-order valence-corrected chi connectivity index (χ4v) is 4.45. The zero-order chi connectivity index (χ0) is 16.3. The molecule has 1 aliphatic carbocycles. The first-order valence-electron chi connectivity index (χ1n) is 7.77. The minimum absolute atomic E-state index is 0.0839. The maximum atomic E-state index is 12.1. The van der Waals surface area contributed by atoms with E-state index in [9.17, 15) is 18.0 Å². The molecular weight excluding hydrogens is 308 g/mol. The van der Waals surface area contributed by atoms with Crippen molar-refractivity contribution in [1.29, 1.82) is 0 Å². The molecule has 2 rings (SSSR count). The van der Waals surface area contributed by atoms with Crippen molar-refractivity contribution in [2.24, 2.45) is 11.8 Å². The van der Waals surface area contributed by atoms with Crippen LogP contribution < -0.4 is 4.72 Å². The lowest BCUT2D eigenvalue weighted by atomic mass is 9.88. The Morgan fingerprint density at radius 2 is 1.82 bits per heavy atom. The molecule has 126 valence electrons. The summed E-state index contributed by atoms with van der Waals surface area (Å²) in [6.45, 7) is 2.57. The molecule has 0 aromatic heterocycles. The molecule has 0 bridgehead atoms. The molecule has 1 heterocycles. The summed E-state index contributed by atoms with van der Waals surface area (Å²) in [5.41, 5.74) is 0. The van der Waals surface area contributed by atoms with Crippen molar-refractivity contribution >= 4 is 21.9 Å². The molecule has 2 aliphatic rings. The monoisotopic (exact) mass is 332 g/mol. The summed E-state index contributed by atoms with van der Waals surface area (Å²) < 4.78 is 26.8. The van der Waals surface area contributed by atoms with Crippen LogP contribution in [0.2, 0.25) is 0 Å². The summed E-state index contributed by atoms with van der Waals surface area (Å²) in [4.78, 5) is 24.2. The molecule has 0 aromatic carbocycles. The van der Waals surface area contributed by atoms with Crippen LogP contribution in [0.5, 0.6) is 0 Å². The molecule has 22 heavy (non-hydrogen) atoms. The number of likely N-dealkylation sites (tertiary alicyclic amines) is 1. The van der Waals surface area contributed by atoms with E-state index in [0.717, 1.165) is 25.7 Å². The van der Waals surface area contributed by atoms with Crippen LogP contribution in [0.1, 0.15) is 39.0 Å². The standard InChI is InChI=1S/C14H24N2O5S/c1-10-2-4-12(5-3-10)15-22(20,21)9-13(17)16-7-6-11(8-16)14(18)19/h10-12,15H,2-9H2,1H3,(H,18,19). The van der Waals surface area contributed by atoms with E-state index >= 15 is 0 Å². The van der Waals surface area contributed by atoms with Crippen LogP contribution >= 0.6 is 0 Å². The van der Waals surface area contributed by atoms with E-state index in [-0.39, 0.29) is 12.6 Å². The van der Waals surface area contributed by atoms with E-state index < -0.39 is 33.6 Å². The maximum Gasteiger partial charge on any atom is 0.308 e. The Morgan fingerprint density at radius 1 is 1.18 bits per heavy atom. The smallest absolute Gasteiger partial charge is 0.308 e. The zero-order valence-corrected chi connectivity index (χ0v) is 13.6. The molecule has 1 aliphatic heterocycles. The Kier molecular flexibility index (Phi) is 5.44. The highest BCUT2D eigenvalue weighted by Crippen LogP contribution is 2.24. The van der Waals surface area contributed by atoms with Crippen molar-refractivity contribution in [2.45, 2.75) is 45.1 Å². The Balaban J connectivity index is 1.84. The second-order valence-electron chi connectivity index (χ2n) is 6.50. The predicted octanol–water partition coefficient (Wildman–Crippen LogP) is 0.418. The highest BCUT2D eigenvalue weighted by molar-refractivity contribution is 7.90. The number of rotatable bonds is 5.